The number of nitrogens with zero attached hydrogens (tertiary/aromatic N) is 1. The molecule has 0 saturated carbocycles. The third-order valence-electron chi connectivity index (χ3n) is 5.60. The van der Waals surface area contributed by atoms with Crippen molar-refractivity contribution in [2.24, 2.45) is 5.92 Å². The van der Waals surface area contributed by atoms with Gasteiger partial charge < -0.3 is 9.47 Å². The number of benzene rings is 2. The molecule has 1 aliphatic rings. The summed E-state index contributed by atoms with van der Waals surface area (Å²) in [5.74, 6) is -0.340. The van der Waals surface area contributed by atoms with Crippen LogP contribution in [0.3, 0.4) is 0 Å². The van der Waals surface area contributed by atoms with E-state index < -0.39 is 23.4 Å². The van der Waals surface area contributed by atoms with Crippen molar-refractivity contribution in [3.8, 4) is 11.1 Å². The third-order valence-corrected chi connectivity index (χ3v) is 5.60. The molecule has 7 heteroatoms. The van der Waals surface area contributed by atoms with Crippen LogP contribution in [0.4, 0.5) is 0 Å². The summed E-state index contributed by atoms with van der Waals surface area (Å²) in [6.07, 6.45) is 1.24. The number of nitrogens with one attached hydrogen (secondary N) is 1. The van der Waals surface area contributed by atoms with Crippen molar-refractivity contribution in [2.75, 3.05) is 6.61 Å². The topological polar surface area (TPSA) is 90.4 Å². The van der Waals surface area contributed by atoms with Gasteiger partial charge in [0.25, 0.3) is 5.56 Å². The monoisotopic (exact) mass is 420 g/mol. The van der Waals surface area contributed by atoms with Gasteiger partial charge in [-0.05, 0) is 42.5 Å². The van der Waals surface area contributed by atoms with E-state index in [1.54, 1.807) is 19.1 Å². The Morgan fingerprint density at radius 1 is 1.10 bits per heavy atom. The number of carbonyl (C=O) groups is 1. The Morgan fingerprint density at radius 2 is 1.77 bits per heavy atom. The van der Waals surface area contributed by atoms with Gasteiger partial charge in [0.15, 0.2) is 0 Å². The molecule has 0 aliphatic carbocycles. The third kappa shape index (κ3) is 4.51. The van der Waals surface area contributed by atoms with Crippen LogP contribution in [-0.4, -0.2) is 28.2 Å². The standard InChI is InChI=1S/C24H24N2O5/c1-15-12-21(26-13-16(2)22(27)25-24(26)29)31-20(15)14-30-23(28)19-10-8-18(9-11-19)17-6-4-3-5-7-17/h3-11,13,15,20-21H,12,14H2,1-2H3,(H,25,27,29). The molecule has 3 atom stereocenters. The lowest BCUT2D eigenvalue weighted by atomic mass is 10.0. The molecule has 2 heterocycles. The summed E-state index contributed by atoms with van der Waals surface area (Å²) in [5, 5.41) is 0. The number of aryl methyl sites for hydroxylation is 1. The minimum atomic E-state index is -0.510. The second-order valence-corrected chi connectivity index (χ2v) is 7.86. The normalized spacial score (nSPS) is 20.5. The van der Waals surface area contributed by atoms with Crippen LogP contribution in [0, 0.1) is 12.8 Å². The SMILES string of the molecule is Cc1cn(C2CC(C)C(COC(=O)c3ccc(-c4ccccc4)cc3)O2)c(=O)[nH]c1=O. The van der Waals surface area contributed by atoms with E-state index in [1.807, 2.05) is 49.4 Å². The first-order valence-corrected chi connectivity index (χ1v) is 10.2. The molecular formula is C24H24N2O5. The van der Waals surface area contributed by atoms with Gasteiger partial charge in [0, 0.05) is 11.8 Å². The molecule has 31 heavy (non-hydrogen) atoms. The molecule has 7 nitrogen and oxygen atoms in total. The maximum atomic E-state index is 12.5. The fourth-order valence-electron chi connectivity index (χ4n) is 3.71. The number of aromatic nitrogens is 2. The Morgan fingerprint density at radius 3 is 2.48 bits per heavy atom. The van der Waals surface area contributed by atoms with E-state index in [2.05, 4.69) is 4.98 Å². The first-order valence-electron chi connectivity index (χ1n) is 10.2. The number of H-pyrrole nitrogens is 1. The maximum Gasteiger partial charge on any atom is 0.338 e. The second-order valence-electron chi connectivity index (χ2n) is 7.86. The lowest BCUT2D eigenvalue weighted by molar-refractivity contribution is -0.0402. The Hall–Kier alpha value is -3.45. The van der Waals surface area contributed by atoms with Crippen molar-refractivity contribution in [3.05, 3.63) is 92.8 Å². The number of carbonyl (C=O) groups excluding carboxylic acids is 1. The van der Waals surface area contributed by atoms with Crippen molar-refractivity contribution in [1.29, 1.82) is 0 Å². The van der Waals surface area contributed by atoms with E-state index in [0.717, 1.165) is 11.1 Å². The van der Waals surface area contributed by atoms with Crippen molar-refractivity contribution < 1.29 is 14.3 Å². The van der Waals surface area contributed by atoms with Crippen LogP contribution in [0.1, 0.15) is 35.5 Å². The lowest BCUT2D eigenvalue weighted by Crippen LogP contribution is -2.33. The van der Waals surface area contributed by atoms with E-state index in [9.17, 15) is 14.4 Å². The minimum Gasteiger partial charge on any atom is -0.459 e. The summed E-state index contributed by atoms with van der Waals surface area (Å²) in [4.78, 5) is 38.5. The van der Waals surface area contributed by atoms with Crippen LogP contribution in [-0.2, 0) is 9.47 Å². The summed E-state index contributed by atoms with van der Waals surface area (Å²) in [7, 11) is 0. The van der Waals surface area contributed by atoms with Gasteiger partial charge >= 0.3 is 11.7 Å². The molecule has 3 unspecified atom stereocenters. The average Bonchev–Trinajstić information content (AvgIpc) is 3.15. The summed E-state index contributed by atoms with van der Waals surface area (Å²) in [6, 6.07) is 17.2. The van der Waals surface area contributed by atoms with Crippen LogP contribution in [0.25, 0.3) is 11.1 Å². The van der Waals surface area contributed by atoms with Gasteiger partial charge in [-0.15, -0.1) is 0 Å². The van der Waals surface area contributed by atoms with Crippen molar-refractivity contribution in [3.63, 3.8) is 0 Å². The summed E-state index contributed by atoms with van der Waals surface area (Å²) in [6.45, 7) is 3.71. The van der Waals surface area contributed by atoms with Gasteiger partial charge in [0.05, 0.1) is 11.7 Å². The molecule has 3 aromatic rings. The van der Waals surface area contributed by atoms with Gasteiger partial charge in [-0.1, -0.05) is 49.4 Å². The molecule has 1 saturated heterocycles. The summed E-state index contributed by atoms with van der Waals surface area (Å²) in [5.41, 5.74) is 2.09. The number of esters is 1. The molecule has 1 aliphatic heterocycles. The maximum absolute atomic E-state index is 12.5. The molecular weight excluding hydrogens is 396 g/mol. The van der Waals surface area contributed by atoms with Gasteiger partial charge in [-0.25, -0.2) is 9.59 Å². The van der Waals surface area contributed by atoms with Crippen molar-refractivity contribution in [1.82, 2.24) is 9.55 Å². The quantitative estimate of drug-likeness (QED) is 0.640. The number of hydrogen-bond acceptors (Lipinski definition) is 5. The number of rotatable bonds is 5. The fraction of sp³-hybridized carbons (Fsp3) is 0.292. The zero-order chi connectivity index (χ0) is 22.0. The second kappa shape index (κ2) is 8.73. The first-order chi connectivity index (χ1) is 14.9. The molecule has 1 N–H and O–H groups in total. The molecule has 1 fully saturated rings. The van der Waals surface area contributed by atoms with Crippen LogP contribution in [0.2, 0.25) is 0 Å². The molecule has 0 radical (unpaired) electrons. The van der Waals surface area contributed by atoms with Gasteiger partial charge in [0.1, 0.15) is 12.8 Å². The molecule has 0 bridgehead atoms. The zero-order valence-electron chi connectivity index (χ0n) is 17.4. The Balaban J connectivity index is 1.38. The van der Waals surface area contributed by atoms with E-state index in [-0.39, 0.29) is 18.6 Å². The zero-order valence-corrected chi connectivity index (χ0v) is 17.4. The minimum absolute atomic E-state index is 0.0809. The average molecular weight is 420 g/mol. The Bertz CT molecular complexity index is 1180. The van der Waals surface area contributed by atoms with Gasteiger partial charge in [0.2, 0.25) is 0 Å². The first kappa shape index (κ1) is 20.8. The lowest BCUT2D eigenvalue weighted by Gasteiger charge is -2.17. The Kier molecular flexibility index (Phi) is 5.86. The smallest absolute Gasteiger partial charge is 0.338 e. The summed E-state index contributed by atoms with van der Waals surface area (Å²) < 4.78 is 12.8. The highest BCUT2D eigenvalue weighted by Crippen LogP contribution is 2.32. The predicted molar refractivity (Wildman–Crippen MR) is 116 cm³/mol. The molecule has 160 valence electrons. The number of ether oxygens (including phenoxy) is 2. The molecule has 0 amide bonds. The van der Waals surface area contributed by atoms with Crippen molar-refractivity contribution in [2.45, 2.75) is 32.6 Å². The van der Waals surface area contributed by atoms with Crippen LogP contribution >= 0.6 is 0 Å². The highest BCUT2D eigenvalue weighted by Gasteiger charge is 2.34. The van der Waals surface area contributed by atoms with Crippen LogP contribution in [0.5, 0.6) is 0 Å². The number of aromatic amines is 1. The fourth-order valence-corrected chi connectivity index (χ4v) is 3.71. The molecule has 4 rings (SSSR count). The van der Waals surface area contributed by atoms with Gasteiger partial charge in [-0.2, -0.15) is 0 Å². The predicted octanol–water partition coefficient (Wildman–Crippen LogP) is 3.29. The van der Waals surface area contributed by atoms with E-state index >= 15 is 0 Å². The highest BCUT2D eigenvalue weighted by atomic mass is 16.6. The largest absolute Gasteiger partial charge is 0.459 e. The van der Waals surface area contributed by atoms with Crippen LogP contribution in [0.15, 0.2) is 70.4 Å². The number of hydrogen-bond donors (Lipinski definition) is 1. The van der Waals surface area contributed by atoms with Gasteiger partial charge in [-0.3, -0.25) is 14.3 Å². The highest BCUT2D eigenvalue weighted by molar-refractivity contribution is 5.90. The van der Waals surface area contributed by atoms with Crippen LogP contribution < -0.4 is 11.2 Å². The van der Waals surface area contributed by atoms with E-state index in [1.165, 1.54) is 10.8 Å². The van der Waals surface area contributed by atoms with E-state index in [4.69, 9.17) is 9.47 Å². The van der Waals surface area contributed by atoms with Crippen molar-refractivity contribution >= 4 is 5.97 Å². The van der Waals surface area contributed by atoms with E-state index in [0.29, 0.717) is 17.5 Å². The summed E-state index contributed by atoms with van der Waals surface area (Å²) >= 11 is 0. The molecule has 1 aromatic heterocycles. The molecule has 2 aromatic carbocycles. The Labute approximate surface area is 179 Å². The molecule has 0 spiro atoms.